The summed E-state index contributed by atoms with van der Waals surface area (Å²) in [6.45, 7) is 3.53. The number of methoxy groups -OCH3 is 1. The summed E-state index contributed by atoms with van der Waals surface area (Å²) in [6.07, 6.45) is 0.0393. The molecular formula is C13H11NO4. The number of hydrogen-bond donors (Lipinski definition) is 0. The first-order chi connectivity index (χ1) is 8.54. The van der Waals surface area contributed by atoms with Crippen LogP contribution in [0.1, 0.15) is 16.8 Å². The smallest absolute Gasteiger partial charge is 0.337 e. The van der Waals surface area contributed by atoms with Gasteiger partial charge in [0.1, 0.15) is 0 Å². The van der Waals surface area contributed by atoms with E-state index in [-0.39, 0.29) is 17.9 Å². The number of rotatable bonds is 2. The molecule has 0 unspecified atom stereocenters. The molecule has 1 aliphatic heterocycles. The minimum atomic E-state index is -0.468. The number of hydrogen-bond acceptors (Lipinski definition) is 4. The van der Waals surface area contributed by atoms with Crippen molar-refractivity contribution in [2.75, 3.05) is 12.0 Å². The predicted molar refractivity (Wildman–Crippen MR) is 64.0 cm³/mol. The fourth-order valence-corrected chi connectivity index (χ4v) is 1.73. The Hall–Kier alpha value is -2.43. The van der Waals surface area contributed by atoms with E-state index in [1.807, 2.05) is 0 Å². The van der Waals surface area contributed by atoms with Crippen molar-refractivity contribution in [1.29, 1.82) is 0 Å². The first kappa shape index (κ1) is 12.0. The molecule has 2 amide bonds. The maximum atomic E-state index is 11.7. The van der Waals surface area contributed by atoms with Gasteiger partial charge in [-0.1, -0.05) is 6.58 Å². The normalized spacial score (nSPS) is 15.2. The molecule has 92 valence electrons. The van der Waals surface area contributed by atoms with Crippen LogP contribution in [0.3, 0.4) is 0 Å². The van der Waals surface area contributed by atoms with E-state index in [0.29, 0.717) is 11.3 Å². The minimum absolute atomic E-state index is 0.0393. The second-order valence-electron chi connectivity index (χ2n) is 3.85. The second kappa shape index (κ2) is 4.44. The fourth-order valence-electron chi connectivity index (χ4n) is 1.73. The summed E-state index contributed by atoms with van der Waals surface area (Å²) in [6, 6.07) is 6.06. The molecule has 0 bridgehead atoms. The number of benzene rings is 1. The summed E-state index contributed by atoms with van der Waals surface area (Å²) in [5, 5.41) is 0. The van der Waals surface area contributed by atoms with E-state index < -0.39 is 11.9 Å². The molecule has 0 N–H and O–H groups in total. The van der Waals surface area contributed by atoms with Gasteiger partial charge < -0.3 is 4.74 Å². The zero-order valence-electron chi connectivity index (χ0n) is 9.80. The summed E-state index contributed by atoms with van der Waals surface area (Å²) >= 11 is 0. The molecule has 1 saturated heterocycles. The highest BCUT2D eigenvalue weighted by molar-refractivity contribution is 6.27. The third-order valence-corrected chi connectivity index (χ3v) is 2.67. The monoisotopic (exact) mass is 245 g/mol. The van der Waals surface area contributed by atoms with Gasteiger partial charge in [-0.05, 0) is 24.3 Å². The summed E-state index contributed by atoms with van der Waals surface area (Å²) in [4.78, 5) is 35.6. The Bertz CT molecular complexity index is 545. The molecule has 1 aromatic rings. The molecule has 0 atom stereocenters. The maximum Gasteiger partial charge on any atom is 0.337 e. The SMILES string of the molecule is C=C1CC(=O)N(c2ccc(C(=O)OC)cc2)C1=O. The van der Waals surface area contributed by atoms with Crippen LogP contribution >= 0.6 is 0 Å². The lowest BCUT2D eigenvalue weighted by atomic mass is 10.2. The van der Waals surface area contributed by atoms with Crippen molar-refractivity contribution in [2.45, 2.75) is 6.42 Å². The van der Waals surface area contributed by atoms with Crippen LogP contribution in [-0.2, 0) is 14.3 Å². The highest BCUT2D eigenvalue weighted by Gasteiger charge is 2.33. The van der Waals surface area contributed by atoms with Crippen LogP contribution in [0.15, 0.2) is 36.4 Å². The Morgan fingerprint density at radius 1 is 1.28 bits per heavy atom. The van der Waals surface area contributed by atoms with Gasteiger partial charge in [0.2, 0.25) is 5.91 Å². The second-order valence-corrected chi connectivity index (χ2v) is 3.85. The maximum absolute atomic E-state index is 11.7. The van der Waals surface area contributed by atoms with Gasteiger partial charge in [-0.15, -0.1) is 0 Å². The number of esters is 1. The Morgan fingerprint density at radius 3 is 2.33 bits per heavy atom. The van der Waals surface area contributed by atoms with Crippen molar-refractivity contribution >= 4 is 23.5 Å². The van der Waals surface area contributed by atoms with E-state index in [0.717, 1.165) is 4.90 Å². The van der Waals surface area contributed by atoms with Crippen LogP contribution < -0.4 is 4.90 Å². The zero-order valence-corrected chi connectivity index (χ0v) is 9.80. The first-order valence-corrected chi connectivity index (χ1v) is 5.28. The largest absolute Gasteiger partial charge is 0.465 e. The van der Waals surface area contributed by atoms with Gasteiger partial charge in [-0.3, -0.25) is 9.59 Å². The molecule has 1 aliphatic rings. The number of ether oxygens (including phenoxy) is 1. The van der Waals surface area contributed by atoms with E-state index in [2.05, 4.69) is 11.3 Å². The molecule has 5 heteroatoms. The number of carbonyl (C=O) groups is 3. The van der Waals surface area contributed by atoms with E-state index in [9.17, 15) is 14.4 Å². The molecule has 0 aromatic heterocycles. The Labute approximate surface area is 104 Å². The Morgan fingerprint density at radius 2 is 1.89 bits per heavy atom. The van der Waals surface area contributed by atoms with Crippen LogP contribution in [0.5, 0.6) is 0 Å². The van der Waals surface area contributed by atoms with Crippen molar-refractivity contribution in [3.63, 3.8) is 0 Å². The molecule has 1 heterocycles. The molecule has 2 rings (SSSR count). The van der Waals surface area contributed by atoms with Crippen molar-refractivity contribution < 1.29 is 19.1 Å². The number of imide groups is 1. The third kappa shape index (κ3) is 1.90. The van der Waals surface area contributed by atoms with Gasteiger partial charge in [0.15, 0.2) is 0 Å². The van der Waals surface area contributed by atoms with E-state index >= 15 is 0 Å². The number of amides is 2. The van der Waals surface area contributed by atoms with Crippen molar-refractivity contribution in [1.82, 2.24) is 0 Å². The van der Waals surface area contributed by atoms with E-state index in [4.69, 9.17) is 0 Å². The standard InChI is InChI=1S/C13H11NO4/c1-8-7-11(15)14(12(8)16)10-5-3-9(4-6-10)13(17)18-2/h3-6H,1,7H2,2H3. The average Bonchev–Trinajstić information content (AvgIpc) is 2.63. The van der Waals surface area contributed by atoms with Crippen molar-refractivity contribution in [3.8, 4) is 0 Å². The van der Waals surface area contributed by atoms with Gasteiger partial charge in [0.25, 0.3) is 5.91 Å². The summed E-state index contributed by atoms with van der Waals surface area (Å²) in [5.41, 5.74) is 1.06. The molecule has 0 radical (unpaired) electrons. The molecule has 5 nitrogen and oxygen atoms in total. The van der Waals surface area contributed by atoms with Crippen LogP contribution in [0, 0.1) is 0 Å². The lowest BCUT2D eigenvalue weighted by Crippen LogP contribution is -2.28. The zero-order chi connectivity index (χ0) is 13.3. The Kier molecular flexibility index (Phi) is 2.97. The lowest BCUT2D eigenvalue weighted by Gasteiger charge is -2.13. The molecule has 18 heavy (non-hydrogen) atoms. The van der Waals surface area contributed by atoms with Gasteiger partial charge in [-0.25, -0.2) is 9.69 Å². The Balaban J connectivity index is 2.30. The fraction of sp³-hybridized carbons (Fsp3) is 0.154. The van der Waals surface area contributed by atoms with Crippen LogP contribution in [0.4, 0.5) is 5.69 Å². The molecule has 1 fully saturated rings. The number of carbonyl (C=O) groups excluding carboxylic acids is 3. The minimum Gasteiger partial charge on any atom is -0.465 e. The van der Waals surface area contributed by atoms with E-state index in [1.165, 1.54) is 31.4 Å². The molecular weight excluding hydrogens is 234 g/mol. The number of anilines is 1. The number of nitrogens with zero attached hydrogens (tertiary/aromatic N) is 1. The third-order valence-electron chi connectivity index (χ3n) is 2.67. The van der Waals surface area contributed by atoms with Crippen molar-refractivity contribution in [2.24, 2.45) is 0 Å². The molecule has 0 aliphatic carbocycles. The van der Waals surface area contributed by atoms with Crippen LogP contribution in [0.2, 0.25) is 0 Å². The summed E-state index contributed by atoms with van der Waals surface area (Å²) < 4.78 is 4.56. The highest BCUT2D eigenvalue weighted by atomic mass is 16.5. The van der Waals surface area contributed by atoms with Gasteiger partial charge in [-0.2, -0.15) is 0 Å². The topological polar surface area (TPSA) is 63.7 Å². The average molecular weight is 245 g/mol. The molecule has 0 saturated carbocycles. The van der Waals surface area contributed by atoms with Gasteiger partial charge in [0, 0.05) is 5.57 Å². The van der Waals surface area contributed by atoms with Gasteiger partial charge >= 0.3 is 5.97 Å². The molecule has 0 spiro atoms. The predicted octanol–water partition coefficient (Wildman–Crippen LogP) is 1.29. The van der Waals surface area contributed by atoms with Crippen LogP contribution in [0.25, 0.3) is 0 Å². The summed E-state index contributed by atoms with van der Waals surface area (Å²) in [7, 11) is 1.29. The molecule has 1 aromatic carbocycles. The van der Waals surface area contributed by atoms with Gasteiger partial charge in [0.05, 0.1) is 24.8 Å². The highest BCUT2D eigenvalue weighted by Crippen LogP contribution is 2.25. The first-order valence-electron chi connectivity index (χ1n) is 5.28. The van der Waals surface area contributed by atoms with E-state index in [1.54, 1.807) is 0 Å². The lowest BCUT2D eigenvalue weighted by molar-refractivity contribution is -0.120. The van der Waals surface area contributed by atoms with Crippen LogP contribution in [-0.4, -0.2) is 24.9 Å². The van der Waals surface area contributed by atoms with Crippen molar-refractivity contribution in [3.05, 3.63) is 42.0 Å². The summed E-state index contributed by atoms with van der Waals surface area (Å²) in [5.74, 6) is -1.17. The quantitative estimate of drug-likeness (QED) is 0.447.